The van der Waals surface area contributed by atoms with Crippen molar-refractivity contribution in [1.82, 2.24) is 15.3 Å². The highest BCUT2D eigenvalue weighted by molar-refractivity contribution is 5.76. The quantitative estimate of drug-likeness (QED) is 0.674. The molecule has 1 aromatic heterocycles. The summed E-state index contributed by atoms with van der Waals surface area (Å²) in [5.74, 6) is 1.67. The van der Waals surface area contributed by atoms with E-state index in [-0.39, 0.29) is 5.91 Å². The lowest BCUT2D eigenvalue weighted by molar-refractivity contribution is -0.120. The van der Waals surface area contributed by atoms with Gasteiger partial charge in [0.25, 0.3) is 0 Å². The number of carbonyl (C=O) groups is 1. The maximum Gasteiger partial charge on any atom is 0.221 e. The molecule has 0 radical (unpaired) electrons. The molecule has 6 nitrogen and oxygen atoms in total. The van der Waals surface area contributed by atoms with Crippen molar-refractivity contribution in [2.75, 3.05) is 30.8 Å². The number of nitrogens with one attached hydrogen (secondary N) is 3. The van der Waals surface area contributed by atoms with E-state index in [0.717, 1.165) is 23.6 Å². The molecule has 0 aromatic carbocycles. The van der Waals surface area contributed by atoms with E-state index in [1.165, 1.54) is 6.33 Å². The molecular formula is C12H21N5O. The summed E-state index contributed by atoms with van der Waals surface area (Å²) in [5.41, 5.74) is 1.04. The van der Waals surface area contributed by atoms with Gasteiger partial charge in [-0.15, -0.1) is 0 Å². The standard InChI is InChI=1S/C12H21N5O/c1-4-9-11(13-3)16-8-17-12(9)15-7-6-10(18)14-5-2/h8H,4-7H2,1-3H3,(H,14,18)(H2,13,15,16,17). The van der Waals surface area contributed by atoms with E-state index in [4.69, 9.17) is 0 Å². The molecule has 1 amide bonds. The molecular weight excluding hydrogens is 230 g/mol. The Labute approximate surface area is 108 Å². The van der Waals surface area contributed by atoms with Crippen molar-refractivity contribution in [3.63, 3.8) is 0 Å². The number of carbonyl (C=O) groups excluding carboxylic acids is 1. The van der Waals surface area contributed by atoms with Crippen LogP contribution in [-0.2, 0) is 11.2 Å². The molecule has 3 N–H and O–H groups in total. The third kappa shape index (κ3) is 3.87. The Morgan fingerprint density at radius 2 is 2.00 bits per heavy atom. The molecule has 0 aliphatic carbocycles. The molecule has 1 rings (SSSR count). The van der Waals surface area contributed by atoms with E-state index in [1.54, 1.807) is 0 Å². The second kappa shape index (κ2) is 7.47. The summed E-state index contributed by atoms with van der Waals surface area (Å²) < 4.78 is 0. The Morgan fingerprint density at radius 3 is 2.61 bits per heavy atom. The average molecular weight is 251 g/mol. The normalized spacial score (nSPS) is 9.94. The van der Waals surface area contributed by atoms with Gasteiger partial charge in [0, 0.05) is 32.1 Å². The number of rotatable bonds is 7. The summed E-state index contributed by atoms with van der Waals surface area (Å²) in [6.07, 6.45) is 2.79. The van der Waals surface area contributed by atoms with Gasteiger partial charge in [0.2, 0.25) is 5.91 Å². The van der Waals surface area contributed by atoms with Crippen LogP contribution in [0.2, 0.25) is 0 Å². The van der Waals surface area contributed by atoms with Gasteiger partial charge in [0.05, 0.1) is 0 Å². The lowest BCUT2D eigenvalue weighted by Crippen LogP contribution is -2.25. The van der Waals surface area contributed by atoms with Crippen molar-refractivity contribution >= 4 is 17.5 Å². The van der Waals surface area contributed by atoms with Crippen LogP contribution in [0.1, 0.15) is 25.8 Å². The molecule has 0 aliphatic heterocycles. The van der Waals surface area contributed by atoms with Gasteiger partial charge in [0.15, 0.2) is 0 Å². The number of amides is 1. The number of hydrogen-bond acceptors (Lipinski definition) is 5. The van der Waals surface area contributed by atoms with E-state index in [1.807, 2.05) is 14.0 Å². The molecule has 1 aromatic rings. The van der Waals surface area contributed by atoms with Crippen molar-refractivity contribution in [2.24, 2.45) is 0 Å². The predicted octanol–water partition coefficient (Wildman–Crippen LogP) is 1.02. The number of hydrogen-bond donors (Lipinski definition) is 3. The van der Waals surface area contributed by atoms with Crippen LogP contribution in [-0.4, -0.2) is 36.0 Å². The number of anilines is 2. The highest BCUT2D eigenvalue weighted by Gasteiger charge is 2.08. The predicted molar refractivity (Wildman–Crippen MR) is 72.7 cm³/mol. The van der Waals surface area contributed by atoms with Gasteiger partial charge in [-0.25, -0.2) is 9.97 Å². The second-order valence-corrected chi connectivity index (χ2v) is 3.78. The van der Waals surface area contributed by atoms with Crippen LogP contribution < -0.4 is 16.0 Å². The van der Waals surface area contributed by atoms with Gasteiger partial charge in [-0.05, 0) is 13.3 Å². The minimum absolute atomic E-state index is 0.0472. The highest BCUT2D eigenvalue weighted by Crippen LogP contribution is 2.19. The monoisotopic (exact) mass is 251 g/mol. The van der Waals surface area contributed by atoms with Crippen molar-refractivity contribution in [2.45, 2.75) is 26.7 Å². The van der Waals surface area contributed by atoms with E-state index in [0.29, 0.717) is 19.5 Å². The van der Waals surface area contributed by atoms with Crippen LogP contribution in [0.25, 0.3) is 0 Å². The molecule has 18 heavy (non-hydrogen) atoms. The fourth-order valence-corrected chi connectivity index (χ4v) is 1.69. The molecule has 0 unspecified atom stereocenters. The zero-order valence-electron chi connectivity index (χ0n) is 11.2. The molecule has 0 bridgehead atoms. The van der Waals surface area contributed by atoms with Gasteiger partial charge in [-0.3, -0.25) is 4.79 Å². The molecule has 1 heterocycles. The van der Waals surface area contributed by atoms with E-state index >= 15 is 0 Å². The third-order valence-electron chi connectivity index (χ3n) is 2.55. The summed E-state index contributed by atoms with van der Waals surface area (Å²) in [5, 5.41) is 8.97. The van der Waals surface area contributed by atoms with Crippen LogP contribution in [0, 0.1) is 0 Å². The van der Waals surface area contributed by atoms with Crippen molar-refractivity contribution in [3.8, 4) is 0 Å². The summed E-state index contributed by atoms with van der Waals surface area (Å²) in [7, 11) is 1.83. The fraction of sp³-hybridized carbons (Fsp3) is 0.583. The molecule has 0 saturated heterocycles. The topological polar surface area (TPSA) is 78.9 Å². The van der Waals surface area contributed by atoms with Crippen LogP contribution in [0.5, 0.6) is 0 Å². The molecule has 0 aliphatic rings. The smallest absolute Gasteiger partial charge is 0.221 e. The first-order chi connectivity index (χ1) is 8.72. The maximum atomic E-state index is 11.3. The minimum atomic E-state index is 0.0472. The van der Waals surface area contributed by atoms with E-state index < -0.39 is 0 Å². The zero-order valence-corrected chi connectivity index (χ0v) is 11.2. The molecule has 0 saturated carbocycles. The summed E-state index contributed by atoms with van der Waals surface area (Å²) in [4.78, 5) is 19.7. The van der Waals surface area contributed by atoms with Crippen LogP contribution in [0.3, 0.4) is 0 Å². The summed E-state index contributed by atoms with van der Waals surface area (Å²) >= 11 is 0. The zero-order chi connectivity index (χ0) is 13.4. The largest absolute Gasteiger partial charge is 0.373 e. The van der Waals surface area contributed by atoms with Crippen molar-refractivity contribution < 1.29 is 4.79 Å². The third-order valence-corrected chi connectivity index (χ3v) is 2.55. The Bertz CT molecular complexity index is 394. The number of aromatic nitrogens is 2. The Hall–Kier alpha value is -1.85. The minimum Gasteiger partial charge on any atom is -0.373 e. The highest BCUT2D eigenvalue weighted by atomic mass is 16.1. The average Bonchev–Trinajstić information content (AvgIpc) is 2.38. The molecule has 6 heteroatoms. The Kier molecular flexibility index (Phi) is 5.90. The maximum absolute atomic E-state index is 11.3. The fourth-order valence-electron chi connectivity index (χ4n) is 1.69. The van der Waals surface area contributed by atoms with Gasteiger partial charge >= 0.3 is 0 Å². The van der Waals surface area contributed by atoms with Gasteiger partial charge in [-0.2, -0.15) is 0 Å². The van der Waals surface area contributed by atoms with Crippen LogP contribution in [0.4, 0.5) is 11.6 Å². The second-order valence-electron chi connectivity index (χ2n) is 3.78. The Balaban J connectivity index is 2.59. The van der Waals surface area contributed by atoms with Gasteiger partial charge in [-0.1, -0.05) is 6.92 Å². The first-order valence-electron chi connectivity index (χ1n) is 6.25. The lowest BCUT2D eigenvalue weighted by Gasteiger charge is -2.12. The van der Waals surface area contributed by atoms with Gasteiger partial charge < -0.3 is 16.0 Å². The van der Waals surface area contributed by atoms with Crippen LogP contribution >= 0.6 is 0 Å². The lowest BCUT2D eigenvalue weighted by atomic mass is 10.2. The number of nitrogens with zero attached hydrogens (tertiary/aromatic N) is 2. The van der Waals surface area contributed by atoms with Crippen molar-refractivity contribution in [1.29, 1.82) is 0 Å². The van der Waals surface area contributed by atoms with E-state index in [2.05, 4.69) is 32.8 Å². The SMILES string of the molecule is CCNC(=O)CCNc1ncnc(NC)c1CC. The molecule has 100 valence electrons. The van der Waals surface area contributed by atoms with E-state index in [9.17, 15) is 4.79 Å². The Morgan fingerprint density at radius 1 is 1.28 bits per heavy atom. The summed E-state index contributed by atoms with van der Waals surface area (Å²) in [6.45, 7) is 5.19. The first kappa shape index (κ1) is 14.2. The molecule has 0 spiro atoms. The first-order valence-corrected chi connectivity index (χ1v) is 6.25. The van der Waals surface area contributed by atoms with Crippen LogP contribution in [0.15, 0.2) is 6.33 Å². The van der Waals surface area contributed by atoms with Crippen molar-refractivity contribution in [3.05, 3.63) is 11.9 Å². The van der Waals surface area contributed by atoms with Gasteiger partial charge in [0.1, 0.15) is 18.0 Å². The molecule has 0 fully saturated rings. The summed E-state index contributed by atoms with van der Waals surface area (Å²) in [6, 6.07) is 0. The molecule has 0 atom stereocenters.